The van der Waals surface area contributed by atoms with Crippen LogP contribution < -0.4 is 10.6 Å². The third kappa shape index (κ3) is 5.89. The molecule has 1 aromatic rings. The highest BCUT2D eigenvalue weighted by Crippen LogP contribution is 2.53. The molecule has 1 aliphatic carbocycles. The van der Waals surface area contributed by atoms with Crippen molar-refractivity contribution in [2.75, 3.05) is 19.6 Å². The van der Waals surface area contributed by atoms with E-state index >= 15 is 0 Å². The molecule has 6 nitrogen and oxygen atoms in total. The third-order valence-electron chi connectivity index (χ3n) is 5.83. The number of urea groups is 1. The lowest BCUT2D eigenvalue weighted by atomic mass is 9.94. The molecule has 0 radical (unpaired) electrons. The number of nitrogens with one attached hydrogen (secondary N) is 2. The topological polar surface area (TPSA) is 85.2 Å². The molecule has 0 aromatic heterocycles. The van der Waals surface area contributed by atoms with Crippen LogP contribution in [0.2, 0.25) is 0 Å². The van der Waals surface area contributed by atoms with Gasteiger partial charge < -0.3 is 15.5 Å². The van der Waals surface area contributed by atoms with Crippen LogP contribution in [0.1, 0.15) is 37.7 Å². The maximum absolute atomic E-state index is 14.6. The second-order valence-electron chi connectivity index (χ2n) is 8.09. The number of amides is 3. The molecule has 156 valence electrons. The van der Waals surface area contributed by atoms with E-state index in [0.29, 0.717) is 24.1 Å². The molecular weight excluding hydrogens is 378 g/mol. The van der Waals surface area contributed by atoms with Crippen molar-refractivity contribution in [3.05, 3.63) is 35.9 Å². The average Bonchev–Trinajstić information content (AvgIpc) is 3.45. The molecule has 1 atom stereocenters. The zero-order valence-electron chi connectivity index (χ0n) is 16.3. The Balaban J connectivity index is 1.62. The fourth-order valence-corrected chi connectivity index (χ4v) is 3.83. The molecule has 8 heteroatoms. The van der Waals surface area contributed by atoms with Gasteiger partial charge in [-0.25, -0.2) is 13.6 Å². The van der Waals surface area contributed by atoms with Gasteiger partial charge in [-0.15, -0.1) is 0 Å². The van der Waals surface area contributed by atoms with E-state index in [1.165, 1.54) is 12.8 Å². The van der Waals surface area contributed by atoms with Crippen LogP contribution in [0.25, 0.3) is 0 Å². The minimum atomic E-state index is -3.19. The number of nitrogens with zero attached hydrogens (tertiary/aromatic N) is 2. The van der Waals surface area contributed by atoms with Gasteiger partial charge in [0.15, 0.2) is 0 Å². The predicted molar refractivity (Wildman–Crippen MR) is 103 cm³/mol. The Hall–Kier alpha value is -2.69. The summed E-state index contributed by atoms with van der Waals surface area (Å²) in [5, 5.41) is 13.4. The zero-order valence-corrected chi connectivity index (χ0v) is 16.3. The Labute approximate surface area is 169 Å². The van der Waals surface area contributed by atoms with Crippen LogP contribution in [0.3, 0.4) is 0 Å². The van der Waals surface area contributed by atoms with Crippen LogP contribution in [0.5, 0.6) is 0 Å². The van der Waals surface area contributed by atoms with Crippen molar-refractivity contribution < 1.29 is 18.4 Å². The number of benzene rings is 1. The lowest BCUT2D eigenvalue weighted by molar-refractivity contribution is -0.125. The number of alkyl halides is 2. The zero-order chi connectivity index (χ0) is 20.9. The minimum Gasteiger partial charge on any atom is -0.341 e. The lowest BCUT2D eigenvalue weighted by Crippen LogP contribution is -2.54. The van der Waals surface area contributed by atoms with Crippen molar-refractivity contribution in [1.82, 2.24) is 15.5 Å². The summed E-state index contributed by atoms with van der Waals surface area (Å²) in [5.41, 5.74) is 0.828. The normalized spacial score (nSPS) is 18.6. The Kier molecular flexibility index (Phi) is 6.36. The van der Waals surface area contributed by atoms with Crippen molar-refractivity contribution in [3.8, 4) is 6.07 Å². The molecule has 2 fully saturated rings. The maximum Gasteiger partial charge on any atom is 0.318 e. The van der Waals surface area contributed by atoms with Crippen LogP contribution in [0, 0.1) is 16.7 Å². The third-order valence-corrected chi connectivity index (χ3v) is 5.83. The number of likely N-dealkylation sites (tertiary alicyclic amines) is 1. The molecule has 1 saturated heterocycles. The van der Waals surface area contributed by atoms with Gasteiger partial charge in [0.1, 0.15) is 12.6 Å². The first kappa shape index (κ1) is 21.0. The molecule has 2 N–H and O–H groups in total. The number of hydrogen-bond acceptors (Lipinski definition) is 3. The highest BCUT2D eigenvalue weighted by molar-refractivity contribution is 5.87. The molecule has 1 spiro atoms. The maximum atomic E-state index is 14.6. The van der Waals surface area contributed by atoms with E-state index in [0.717, 1.165) is 12.8 Å². The van der Waals surface area contributed by atoms with Gasteiger partial charge in [0.05, 0.1) is 6.07 Å². The first-order valence-electron chi connectivity index (χ1n) is 9.94. The summed E-state index contributed by atoms with van der Waals surface area (Å²) in [6.07, 6.45) is 2.84. The summed E-state index contributed by atoms with van der Waals surface area (Å²) in [6.45, 7) is 0.833. The van der Waals surface area contributed by atoms with E-state index in [4.69, 9.17) is 5.26 Å². The highest BCUT2D eigenvalue weighted by Gasteiger charge is 2.45. The van der Waals surface area contributed by atoms with Crippen LogP contribution in [0.4, 0.5) is 13.6 Å². The molecule has 3 amide bonds. The Morgan fingerprint density at radius 3 is 2.41 bits per heavy atom. The highest BCUT2D eigenvalue weighted by atomic mass is 19.3. The standard InChI is InChI=1S/C21H26F2N4O2/c22-21(23,14-16-4-2-1-3-5-16)15-17(18(28)25-11-10-24)26-19(29)27-12-8-20(6-7-20)9-13-27/h1-5,17H,6-9,11-15H2,(H,25,28)(H,26,29). The van der Waals surface area contributed by atoms with Gasteiger partial charge in [-0.1, -0.05) is 30.3 Å². The van der Waals surface area contributed by atoms with Gasteiger partial charge in [0.25, 0.3) is 5.92 Å². The molecular formula is C21H26F2N4O2. The number of carbonyl (C=O) groups is 2. The summed E-state index contributed by atoms with van der Waals surface area (Å²) in [4.78, 5) is 26.5. The Morgan fingerprint density at radius 1 is 1.17 bits per heavy atom. The van der Waals surface area contributed by atoms with Gasteiger partial charge in [-0.05, 0) is 36.7 Å². The van der Waals surface area contributed by atoms with Gasteiger partial charge in [-0.2, -0.15) is 5.26 Å². The number of hydrogen-bond donors (Lipinski definition) is 2. The lowest BCUT2D eigenvalue weighted by Gasteiger charge is -2.33. The van der Waals surface area contributed by atoms with Crippen LogP contribution in [-0.4, -0.2) is 48.4 Å². The minimum absolute atomic E-state index is 0.304. The van der Waals surface area contributed by atoms with Crippen LogP contribution in [-0.2, 0) is 11.2 Å². The smallest absolute Gasteiger partial charge is 0.318 e. The van der Waals surface area contributed by atoms with Crippen molar-refractivity contribution >= 4 is 11.9 Å². The average molecular weight is 404 g/mol. The molecule has 1 saturated carbocycles. The predicted octanol–water partition coefficient (Wildman–Crippen LogP) is 2.85. The number of halogens is 2. The van der Waals surface area contributed by atoms with Gasteiger partial charge in [0.2, 0.25) is 5.91 Å². The van der Waals surface area contributed by atoms with Gasteiger partial charge in [0, 0.05) is 25.9 Å². The summed E-state index contributed by atoms with van der Waals surface area (Å²) in [5.74, 6) is -3.97. The van der Waals surface area contributed by atoms with E-state index in [1.54, 1.807) is 41.3 Å². The molecule has 29 heavy (non-hydrogen) atoms. The molecule has 1 aromatic carbocycles. The fraction of sp³-hybridized carbons (Fsp3) is 0.571. The first-order valence-corrected chi connectivity index (χ1v) is 9.94. The number of nitriles is 1. The van der Waals surface area contributed by atoms with Crippen molar-refractivity contribution in [1.29, 1.82) is 5.26 Å². The van der Waals surface area contributed by atoms with Gasteiger partial charge >= 0.3 is 6.03 Å². The fourth-order valence-electron chi connectivity index (χ4n) is 3.83. The number of carbonyl (C=O) groups excluding carboxylic acids is 2. The molecule has 1 heterocycles. The van der Waals surface area contributed by atoms with E-state index in [2.05, 4.69) is 10.6 Å². The molecule has 2 aliphatic rings. The SMILES string of the molecule is N#CCNC(=O)C(CC(F)(F)Cc1ccccc1)NC(=O)N1CCC2(CC1)CC2. The second-order valence-corrected chi connectivity index (χ2v) is 8.09. The Bertz CT molecular complexity index is 765. The monoisotopic (exact) mass is 404 g/mol. The van der Waals surface area contributed by atoms with E-state index in [1.807, 2.05) is 0 Å². The summed E-state index contributed by atoms with van der Waals surface area (Å²) in [7, 11) is 0. The van der Waals surface area contributed by atoms with E-state index in [-0.39, 0.29) is 6.54 Å². The largest absolute Gasteiger partial charge is 0.341 e. The first-order chi connectivity index (χ1) is 13.8. The van der Waals surface area contributed by atoms with E-state index in [9.17, 15) is 18.4 Å². The Morgan fingerprint density at radius 2 is 1.83 bits per heavy atom. The van der Waals surface area contributed by atoms with Crippen molar-refractivity contribution in [2.24, 2.45) is 5.41 Å². The van der Waals surface area contributed by atoms with E-state index < -0.39 is 36.7 Å². The molecule has 3 rings (SSSR count). The number of piperidine rings is 1. The molecule has 1 aliphatic heterocycles. The second kappa shape index (κ2) is 8.76. The quantitative estimate of drug-likeness (QED) is 0.686. The van der Waals surface area contributed by atoms with Crippen LogP contribution >= 0.6 is 0 Å². The van der Waals surface area contributed by atoms with Crippen LogP contribution in [0.15, 0.2) is 30.3 Å². The summed E-state index contributed by atoms with van der Waals surface area (Å²) < 4.78 is 29.3. The van der Waals surface area contributed by atoms with Crippen molar-refractivity contribution in [2.45, 2.75) is 50.5 Å². The number of rotatable bonds is 7. The van der Waals surface area contributed by atoms with Gasteiger partial charge in [-0.3, -0.25) is 4.79 Å². The molecule has 1 unspecified atom stereocenters. The summed E-state index contributed by atoms with van der Waals surface area (Å²) in [6, 6.07) is 8.11. The van der Waals surface area contributed by atoms with Crippen molar-refractivity contribution in [3.63, 3.8) is 0 Å². The summed E-state index contributed by atoms with van der Waals surface area (Å²) >= 11 is 0. The molecule has 0 bridgehead atoms.